The van der Waals surface area contributed by atoms with E-state index in [1.807, 2.05) is 0 Å². The summed E-state index contributed by atoms with van der Waals surface area (Å²) in [6.45, 7) is 0. The number of nitro groups is 1. The molecule has 0 saturated heterocycles. The van der Waals surface area contributed by atoms with Gasteiger partial charge in [0.2, 0.25) is 17.2 Å². The van der Waals surface area contributed by atoms with Crippen LogP contribution in [0.5, 0.6) is 5.75 Å². The van der Waals surface area contributed by atoms with Gasteiger partial charge in [0, 0.05) is 11.8 Å². The topological polar surface area (TPSA) is 140 Å². The molecule has 1 aromatic heterocycles. The number of halogens is 1. The lowest BCUT2D eigenvalue weighted by atomic mass is 10.2. The molecular weight excluding hydrogens is 276 g/mol. The molecule has 2 rings (SSSR count). The van der Waals surface area contributed by atoms with Gasteiger partial charge in [-0.15, -0.1) is 0 Å². The van der Waals surface area contributed by atoms with Crippen molar-refractivity contribution in [3.63, 3.8) is 0 Å². The largest absolute Gasteiger partial charge is 0.502 e. The predicted octanol–water partition coefficient (Wildman–Crippen LogP) is 1.46. The molecule has 0 amide bonds. The number of nitro benzene ring substituents is 1. The summed E-state index contributed by atoms with van der Waals surface area (Å²) in [6, 6.07) is 3.71. The third-order valence-corrected chi connectivity index (χ3v) is 2.22. The van der Waals surface area contributed by atoms with Crippen LogP contribution in [0.1, 0.15) is 0 Å². The third-order valence-electron chi connectivity index (χ3n) is 2.05. The van der Waals surface area contributed by atoms with Crippen LogP contribution in [0.25, 0.3) is 0 Å². The molecule has 0 radical (unpaired) electrons. The van der Waals surface area contributed by atoms with Crippen LogP contribution >= 0.6 is 11.6 Å². The zero-order chi connectivity index (χ0) is 14.0. The Balaban J connectivity index is 2.33. The molecule has 4 N–H and O–H groups in total. The summed E-state index contributed by atoms with van der Waals surface area (Å²) in [6.07, 6.45) is 0. The maximum atomic E-state index is 10.7. The van der Waals surface area contributed by atoms with Crippen molar-refractivity contribution < 1.29 is 10.0 Å². The van der Waals surface area contributed by atoms with E-state index in [1.54, 1.807) is 0 Å². The van der Waals surface area contributed by atoms with E-state index in [0.29, 0.717) is 5.69 Å². The smallest absolute Gasteiger partial charge is 0.312 e. The SMILES string of the molecule is Nc1nc(Cl)nc(Nc2ccc(O)c([N+](=O)[O-])c2)n1. The van der Waals surface area contributed by atoms with Crippen molar-refractivity contribution in [2.45, 2.75) is 0 Å². The van der Waals surface area contributed by atoms with Crippen molar-refractivity contribution in [2.75, 3.05) is 11.1 Å². The molecule has 0 saturated carbocycles. The Labute approximate surface area is 111 Å². The highest BCUT2D eigenvalue weighted by atomic mass is 35.5. The van der Waals surface area contributed by atoms with E-state index in [1.165, 1.54) is 12.1 Å². The summed E-state index contributed by atoms with van der Waals surface area (Å²) in [5.74, 6) is -0.489. The second kappa shape index (κ2) is 4.90. The Bertz CT molecular complexity index is 630. The first-order valence-corrected chi connectivity index (χ1v) is 5.25. The minimum Gasteiger partial charge on any atom is -0.502 e. The van der Waals surface area contributed by atoms with Gasteiger partial charge >= 0.3 is 5.69 Å². The highest BCUT2D eigenvalue weighted by Crippen LogP contribution is 2.29. The fraction of sp³-hybridized carbons (Fsp3) is 0. The van der Waals surface area contributed by atoms with Gasteiger partial charge in [0.05, 0.1) is 4.92 Å². The number of aromatic hydroxyl groups is 1. The molecule has 0 aliphatic carbocycles. The van der Waals surface area contributed by atoms with Gasteiger partial charge in [-0.05, 0) is 23.7 Å². The van der Waals surface area contributed by atoms with E-state index in [4.69, 9.17) is 17.3 Å². The van der Waals surface area contributed by atoms with Crippen LogP contribution in [0.15, 0.2) is 18.2 Å². The quantitative estimate of drug-likeness (QED) is 0.436. The summed E-state index contributed by atoms with van der Waals surface area (Å²) in [4.78, 5) is 21.0. The van der Waals surface area contributed by atoms with Crippen LogP contribution in [0, 0.1) is 10.1 Å². The maximum absolute atomic E-state index is 10.7. The Morgan fingerprint density at radius 3 is 2.74 bits per heavy atom. The highest BCUT2D eigenvalue weighted by molar-refractivity contribution is 6.28. The fourth-order valence-electron chi connectivity index (χ4n) is 1.30. The third kappa shape index (κ3) is 2.96. The van der Waals surface area contributed by atoms with Crippen molar-refractivity contribution in [2.24, 2.45) is 0 Å². The van der Waals surface area contributed by atoms with Gasteiger partial charge in [-0.2, -0.15) is 15.0 Å². The van der Waals surface area contributed by atoms with Gasteiger partial charge in [-0.25, -0.2) is 0 Å². The van der Waals surface area contributed by atoms with Crippen LogP contribution in [-0.4, -0.2) is 25.0 Å². The number of rotatable bonds is 3. The molecule has 0 spiro atoms. The number of phenolic OH excluding ortho intramolecular Hbond substituents is 1. The van der Waals surface area contributed by atoms with E-state index in [2.05, 4.69) is 20.3 Å². The zero-order valence-corrected chi connectivity index (χ0v) is 10.00. The Hall–Kier alpha value is -2.68. The first-order valence-electron chi connectivity index (χ1n) is 4.87. The molecule has 0 unspecified atom stereocenters. The zero-order valence-electron chi connectivity index (χ0n) is 9.24. The van der Waals surface area contributed by atoms with Crippen molar-refractivity contribution in [3.05, 3.63) is 33.6 Å². The summed E-state index contributed by atoms with van der Waals surface area (Å²) in [5.41, 5.74) is 5.23. The number of hydrogen-bond acceptors (Lipinski definition) is 8. The Morgan fingerprint density at radius 1 is 1.37 bits per heavy atom. The first kappa shape index (κ1) is 12.8. The average Bonchev–Trinajstić information content (AvgIpc) is 2.30. The number of nitrogens with one attached hydrogen (secondary N) is 1. The molecule has 9 nitrogen and oxygen atoms in total. The van der Waals surface area contributed by atoms with Gasteiger partial charge in [-0.1, -0.05) is 0 Å². The maximum Gasteiger partial charge on any atom is 0.312 e. The van der Waals surface area contributed by atoms with Gasteiger partial charge in [0.1, 0.15) is 0 Å². The fourth-order valence-corrected chi connectivity index (χ4v) is 1.46. The molecule has 1 aromatic carbocycles. The molecule has 0 bridgehead atoms. The first-order chi connectivity index (χ1) is 8.95. The number of nitrogens with zero attached hydrogens (tertiary/aromatic N) is 4. The standard InChI is InChI=1S/C9H7ClN6O3/c10-7-13-8(11)15-9(14-7)12-4-1-2-6(17)5(3-4)16(18)19/h1-3,17H,(H3,11,12,13,14,15). The molecule has 0 fully saturated rings. The lowest BCUT2D eigenvalue weighted by Gasteiger charge is -2.05. The summed E-state index contributed by atoms with van der Waals surface area (Å²) < 4.78 is 0. The number of benzene rings is 1. The van der Waals surface area contributed by atoms with E-state index < -0.39 is 16.4 Å². The average molecular weight is 283 g/mol. The molecule has 10 heteroatoms. The van der Waals surface area contributed by atoms with E-state index in [0.717, 1.165) is 6.07 Å². The molecular formula is C9H7ClN6O3. The number of aromatic nitrogens is 3. The van der Waals surface area contributed by atoms with Crippen LogP contribution in [-0.2, 0) is 0 Å². The van der Waals surface area contributed by atoms with Crippen LogP contribution < -0.4 is 11.1 Å². The Kier molecular flexibility index (Phi) is 3.29. The number of phenols is 1. The van der Waals surface area contributed by atoms with Crippen LogP contribution in [0.3, 0.4) is 0 Å². The number of anilines is 3. The minimum atomic E-state index is -0.713. The van der Waals surface area contributed by atoms with Gasteiger partial charge in [0.25, 0.3) is 0 Å². The monoisotopic (exact) mass is 282 g/mol. The Morgan fingerprint density at radius 2 is 2.11 bits per heavy atom. The van der Waals surface area contributed by atoms with Crippen molar-refractivity contribution in [3.8, 4) is 5.75 Å². The van der Waals surface area contributed by atoms with E-state index in [-0.39, 0.29) is 17.2 Å². The van der Waals surface area contributed by atoms with Gasteiger partial charge in [0.15, 0.2) is 5.75 Å². The lowest BCUT2D eigenvalue weighted by Crippen LogP contribution is -2.03. The van der Waals surface area contributed by atoms with Gasteiger partial charge in [-0.3, -0.25) is 10.1 Å². The molecule has 19 heavy (non-hydrogen) atoms. The highest BCUT2D eigenvalue weighted by Gasteiger charge is 2.14. The second-order valence-electron chi connectivity index (χ2n) is 3.37. The van der Waals surface area contributed by atoms with Crippen LogP contribution in [0.4, 0.5) is 23.3 Å². The molecule has 0 atom stereocenters. The summed E-state index contributed by atoms with van der Waals surface area (Å²) >= 11 is 5.59. The van der Waals surface area contributed by atoms with E-state index >= 15 is 0 Å². The van der Waals surface area contributed by atoms with Crippen molar-refractivity contribution in [1.29, 1.82) is 0 Å². The number of nitrogens with two attached hydrogens (primary N) is 1. The summed E-state index contributed by atoms with van der Waals surface area (Å²) in [7, 11) is 0. The molecule has 1 heterocycles. The number of nitrogen functional groups attached to an aromatic ring is 1. The number of hydrogen-bond donors (Lipinski definition) is 3. The van der Waals surface area contributed by atoms with Crippen LogP contribution in [0.2, 0.25) is 5.28 Å². The normalized spacial score (nSPS) is 10.2. The lowest BCUT2D eigenvalue weighted by molar-refractivity contribution is -0.385. The molecule has 98 valence electrons. The van der Waals surface area contributed by atoms with Crippen molar-refractivity contribution >= 4 is 34.9 Å². The minimum absolute atomic E-state index is 0.0393. The summed E-state index contributed by atoms with van der Waals surface area (Å²) in [5, 5.41) is 22.5. The van der Waals surface area contributed by atoms with Gasteiger partial charge < -0.3 is 16.2 Å². The van der Waals surface area contributed by atoms with E-state index in [9.17, 15) is 15.2 Å². The predicted molar refractivity (Wildman–Crippen MR) is 67.3 cm³/mol. The molecule has 0 aliphatic heterocycles. The second-order valence-corrected chi connectivity index (χ2v) is 3.71. The molecule has 0 aliphatic rings. The van der Waals surface area contributed by atoms with Crippen molar-refractivity contribution in [1.82, 2.24) is 15.0 Å². The molecule has 2 aromatic rings.